The average Bonchev–Trinajstić information content (AvgIpc) is 2.23. The number of carbonyl (C=O) groups is 2. The summed E-state index contributed by atoms with van der Waals surface area (Å²) in [5, 5.41) is 2.89. The van der Waals surface area contributed by atoms with Gasteiger partial charge in [-0.15, -0.1) is 0 Å². The molecule has 0 aliphatic carbocycles. The lowest BCUT2D eigenvalue weighted by Gasteiger charge is -2.35. The van der Waals surface area contributed by atoms with Crippen LogP contribution in [0.5, 0.6) is 0 Å². The van der Waals surface area contributed by atoms with Crippen LogP contribution in [0.25, 0.3) is 0 Å². The molecular formula is C16H30N2O2. The zero-order valence-corrected chi connectivity index (χ0v) is 13.9. The summed E-state index contributed by atoms with van der Waals surface area (Å²) in [6.07, 6.45) is 2.96. The molecule has 1 aliphatic heterocycles. The van der Waals surface area contributed by atoms with Crippen LogP contribution < -0.4 is 5.32 Å². The molecule has 0 radical (unpaired) electrons. The number of hydrogen-bond donors (Lipinski definition) is 1. The third-order valence-electron chi connectivity index (χ3n) is 3.56. The van der Waals surface area contributed by atoms with E-state index >= 15 is 0 Å². The van der Waals surface area contributed by atoms with Crippen LogP contribution in [0.2, 0.25) is 0 Å². The Balaban J connectivity index is 2.59. The lowest BCUT2D eigenvalue weighted by atomic mass is 9.82. The molecule has 0 aromatic heterocycles. The van der Waals surface area contributed by atoms with Crippen molar-refractivity contribution in [3.63, 3.8) is 0 Å². The number of hydrogen-bond acceptors (Lipinski definition) is 2. The first kappa shape index (κ1) is 17.0. The fourth-order valence-electron chi connectivity index (χ4n) is 3.25. The maximum Gasteiger partial charge on any atom is 0.311 e. The largest absolute Gasteiger partial charge is 0.343 e. The van der Waals surface area contributed by atoms with Gasteiger partial charge in [0.25, 0.3) is 0 Å². The SMILES string of the molecule is CC1CCCN(C(=O)C(=O)NC(C)(C)CC(C)(C)C)C1. The minimum Gasteiger partial charge on any atom is -0.343 e. The van der Waals surface area contributed by atoms with Gasteiger partial charge in [0.1, 0.15) is 0 Å². The molecule has 20 heavy (non-hydrogen) atoms. The number of carbonyl (C=O) groups excluding carboxylic acids is 2. The van der Waals surface area contributed by atoms with Gasteiger partial charge in [0.2, 0.25) is 0 Å². The molecule has 1 N–H and O–H groups in total. The van der Waals surface area contributed by atoms with Crippen molar-refractivity contribution in [2.24, 2.45) is 11.3 Å². The zero-order valence-electron chi connectivity index (χ0n) is 13.9. The molecular weight excluding hydrogens is 252 g/mol. The molecule has 4 heteroatoms. The van der Waals surface area contributed by atoms with Crippen LogP contribution in [0.3, 0.4) is 0 Å². The molecule has 0 spiro atoms. The van der Waals surface area contributed by atoms with Crippen LogP contribution in [0.1, 0.15) is 60.8 Å². The van der Waals surface area contributed by atoms with Gasteiger partial charge in [0.15, 0.2) is 0 Å². The second-order valence-electron chi connectivity index (χ2n) is 8.07. The van der Waals surface area contributed by atoms with E-state index in [1.807, 2.05) is 13.8 Å². The molecule has 1 fully saturated rings. The fourth-order valence-corrected chi connectivity index (χ4v) is 3.25. The lowest BCUT2D eigenvalue weighted by Crippen LogP contribution is -2.53. The van der Waals surface area contributed by atoms with Crippen molar-refractivity contribution in [3.8, 4) is 0 Å². The van der Waals surface area contributed by atoms with Gasteiger partial charge in [-0.05, 0) is 44.4 Å². The standard InChI is InChI=1S/C16H30N2O2/c1-12-8-7-9-18(10-12)14(20)13(19)17-16(5,6)11-15(2,3)4/h12H,7-11H2,1-6H3,(H,17,19). The van der Waals surface area contributed by atoms with Gasteiger partial charge >= 0.3 is 11.8 Å². The lowest BCUT2D eigenvalue weighted by molar-refractivity contribution is -0.148. The Kier molecular flexibility index (Phi) is 5.22. The van der Waals surface area contributed by atoms with Crippen molar-refractivity contribution in [2.45, 2.75) is 66.3 Å². The first-order valence-electron chi connectivity index (χ1n) is 7.62. The number of nitrogens with one attached hydrogen (secondary N) is 1. The van der Waals surface area contributed by atoms with Crippen molar-refractivity contribution in [3.05, 3.63) is 0 Å². The molecule has 1 saturated heterocycles. The summed E-state index contributed by atoms with van der Waals surface area (Å²) >= 11 is 0. The molecule has 1 aliphatic rings. The topological polar surface area (TPSA) is 49.4 Å². The highest BCUT2D eigenvalue weighted by Crippen LogP contribution is 2.26. The summed E-state index contributed by atoms with van der Waals surface area (Å²) in [6.45, 7) is 13.9. The predicted molar refractivity (Wildman–Crippen MR) is 81.3 cm³/mol. The van der Waals surface area contributed by atoms with Crippen LogP contribution >= 0.6 is 0 Å². The second kappa shape index (κ2) is 6.15. The molecule has 0 saturated carbocycles. The first-order valence-corrected chi connectivity index (χ1v) is 7.62. The van der Waals surface area contributed by atoms with E-state index in [2.05, 4.69) is 33.0 Å². The summed E-state index contributed by atoms with van der Waals surface area (Å²) in [4.78, 5) is 26.0. The minimum atomic E-state index is -0.464. The third-order valence-corrected chi connectivity index (χ3v) is 3.56. The number of likely N-dealkylation sites (tertiary alicyclic amines) is 1. The smallest absolute Gasteiger partial charge is 0.311 e. The van der Waals surface area contributed by atoms with Crippen LogP contribution in [0.15, 0.2) is 0 Å². The Labute approximate surface area is 123 Å². The molecule has 1 heterocycles. The van der Waals surface area contributed by atoms with E-state index in [1.165, 1.54) is 0 Å². The number of piperidine rings is 1. The molecule has 0 aromatic carbocycles. The van der Waals surface area contributed by atoms with E-state index in [4.69, 9.17) is 0 Å². The highest BCUT2D eigenvalue weighted by Gasteiger charge is 2.32. The number of nitrogens with zero attached hydrogens (tertiary/aromatic N) is 1. The predicted octanol–water partition coefficient (Wildman–Crippen LogP) is 2.58. The average molecular weight is 282 g/mol. The molecule has 0 bridgehead atoms. The highest BCUT2D eigenvalue weighted by molar-refractivity contribution is 6.35. The summed E-state index contributed by atoms with van der Waals surface area (Å²) in [5.41, 5.74) is -0.258. The normalized spacial score (nSPS) is 20.7. The van der Waals surface area contributed by atoms with Crippen LogP contribution in [0, 0.1) is 11.3 Å². The maximum atomic E-state index is 12.2. The van der Waals surface area contributed by atoms with E-state index in [1.54, 1.807) is 4.90 Å². The maximum absolute atomic E-state index is 12.2. The molecule has 4 nitrogen and oxygen atoms in total. The fraction of sp³-hybridized carbons (Fsp3) is 0.875. The quantitative estimate of drug-likeness (QED) is 0.791. The number of rotatable bonds is 2. The third kappa shape index (κ3) is 5.51. The van der Waals surface area contributed by atoms with Crippen molar-refractivity contribution in [2.75, 3.05) is 13.1 Å². The summed E-state index contributed by atoms with van der Waals surface area (Å²) in [7, 11) is 0. The van der Waals surface area contributed by atoms with E-state index in [-0.39, 0.29) is 16.9 Å². The molecule has 0 aromatic rings. The molecule has 116 valence electrons. The molecule has 1 unspecified atom stereocenters. The van der Waals surface area contributed by atoms with Gasteiger partial charge in [0, 0.05) is 18.6 Å². The summed E-state index contributed by atoms with van der Waals surface area (Å²) < 4.78 is 0. The van der Waals surface area contributed by atoms with Crippen molar-refractivity contribution in [1.82, 2.24) is 10.2 Å². The van der Waals surface area contributed by atoms with E-state index < -0.39 is 5.91 Å². The Morgan fingerprint density at radius 1 is 1.20 bits per heavy atom. The first-order chi connectivity index (χ1) is 9.00. The Morgan fingerprint density at radius 2 is 1.80 bits per heavy atom. The second-order valence-corrected chi connectivity index (χ2v) is 8.07. The van der Waals surface area contributed by atoms with Crippen LogP contribution in [0.4, 0.5) is 0 Å². The van der Waals surface area contributed by atoms with Crippen LogP contribution in [-0.4, -0.2) is 35.3 Å². The van der Waals surface area contributed by atoms with Gasteiger partial charge in [-0.25, -0.2) is 0 Å². The molecule has 1 rings (SSSR count). The van der Waals surface area contributed by atoms with Crippen molar-refractivity contribution >= 4 is 11.8 Å². The zero-order chi connectivity index (χ0) is 15.6. The van der Waals surface area contributed by atoms with Gasteiger partial charge in [-0.3, -0.25) is 9.59 Å². The number of amides is 2. The van der Waals surface area contributed by atoms with E-state index in [0.717, 1.165) is 19.3 Å². The molecule has 2 amide bonds. The van der Waals surface area contributed by atoms with Gasteiger partial charge in [-0.2, -0.15) is 0 Å². The Hall–Kier alpha value is -1.06. The van der Waals surface area contributed by atoms with Gasteiger partial charge in [-0.1, -0.05) is 27.7 Å². The van der Waals surface area contributed by atoms with Gasteiger partial charge in [0.05, 0.1) is 0 Å². The Bertz CT molecular complexity index is 369. The monoisotopic (exact) mass is 282 g/mol. The van der Waals surface area contributed by atoms with E-state index in [9.17, 15) is 9.59 Å². The minimum absolute atomic E-state index is 0.111. The highest BCUT2D eigenvalue weighted by atomic mass is 16.2. The summed E-state index contributed by atoms with van der Waals surface area (Å²) in [5.74, 6) is -0.352. The van der Waals surface area contributed by atoms with Crippen molar-refractivity contribution < 1.29 is 9.59 Å². The Morgan fingerprint density at radius 3 is 2.30 bits per heavy atom. The van der Waals surface area contributed by atoms with Crippen molar-refractivity contribution in [1.29, 1.82) is 0 Å². The summed E-state index contributed by atoms with van der Waals surface area (Å²) in [6, 6.07) is 0. The molecule has 1 atom stereocenters. The van der Waals surface area contributed by atoms with Crippen LogP contribution in [-0.2, 0) is 9.59 Å². The van der Waals surface area contributed by atoms with E-state index in [0.29, 0.717) is 19.0 Å². The van der Waals surface area contributed by atoms with Gasteiger partial charge < -0.3 is 10.2 Å².